The molecule has 0 aromatic rings. The molecule has 0 aromatic heterocycles. The molecule has 0 bridgehead atoms. The molecule has 0 fully saturated rings. The van der Waals surface area contributed by atoms with Crippen LogP contribution in [-0.4, -0.2) is 42.5 Å². The fourth-order valence-corrected chi connectivity index (χ4v) is 0.280. The molecule has 1 aliphatic rings. The zero-order chi connectivity index (χ0) is 3.54. The van der Waals surface area contributed by atoms with Crippen LogP contribution in [0.1, 0.15) is 0 Å². The van der Waals surface area contributed by atoms with E-state index in [1.54, 1.807) is 0 Å². The summed E-state index contributed by atoms with van der Waals surface area (Å²) in [6.07, 6.45) is 2.60. The van der Waals surface area contributed by atoms with Crippen LogP contribution < -0.4 is 17.7 Å². The van der Waals surface area contributed by atoms with Crippen LogP contribution in [0.3, 0.4) is 0 Å². The number of nitrogens with one attached hydrogen (secondary N) is 1. The molecule has 0 spiro atoms. The SMILES string of the molecule is [C-]1=NCCN1.[Cl-].[Mg+2]. The maximum absolute atomic E-state index is 3.72. The van der Waals surface area contributed by atoms with Gasteiger partial charge in [-0.3, -0.25) is 0 Å². The molecule has 1 rings (SSSR count). The van der Waals surface area contributed by atoms with Gasteiger partial charge in [-0.15, -0.1) is 0 Å². The first-order chi connectivity index (χ1) is 2.50. The van der Waals surface area contributed by atoms with Gasteiger partial charge < -0.3 is 29.1 Å². The van der Waals surface area contributed by atoms with E-state index in [-0.39, 0.29) is 35.5 Å². The van der Waals surface area contributed by atoms with Crippen LogP contribution in [0, 0.1) is 0 Å². The molecule has 36 valence electrons. The van der Waals surface area contributed by atoms with E-state index in [4.69, 9.17) is 0 Å². The Balaban J connectivity index is 0. The molecular weight excluding hydrogens is 124 g/mol. The summed E-state index contributed by atoms with van der Waals surface area (Å²) in [4.78, 5) is 3.72. The molecule has 4 heteroatoms. The van der Waals surface area contributed by atoms with Crippen molar-refractivity contribution in [2.24, 2.45) is 4.99 Å². The number of halogens is 1. The van der Waals surface area contributed by atoms with Crippen molar-refractivity contribution in [2.75, 3.05) is 13.1 Å². The van der Waals surface area contributed by atoms with Gasteiger partial charge in [-0.1, -0.05) is 0 Å². The third-order valence-corrected chi connectivity index (χ3v) is 0.507. The van der Waals surface area contributed by atoms with E-state index in [0.717, 1.165) is 13.1 Å². The third kappa shape index (κ3) is 4.38. The Hall–Kier alpha value is 0.526. The first kappa shape index (κ1) is 10.5. The molecule has 0 saturated heterocycles. The van der Waals surface area contributed by atoms with Crippen molar-refractivity contribution in [1.82, 2.24) is 5.32 Å². The standard InChI is InChI=1S/C3H5N2.ClH.Mg/c1-2-5-3-4-1;;/h1-2H2,(H,4,5);1H;/q-1;;+2/p-1. The van der Waals surface area contributed by atoms with Crippen molar-refractivity contribution in [3.63, 3.8) is 0 Å². The summed E-state index contributed by atoms with van der Waals surface area (Å²) in [5.74, 6) is 0. The van der Waals surface area contributed by atoms with Gasteiger partial charge in [0, 0.05) is 13.1 Å². The number of aliphatic imine (C=N–C) groups is 1. The fourth-order valence-electron chi connectivity index (χ4n) is 0.280. The molecule has 0 radical (unpaired) electrons. The minimum Gasteiger partial charge on any atom is -1.00 e. The second-order valence-electron chi connectivity index (χ2n) is 0.920. The van der Waals surface area contributed by atoms with Crippen molar-refractivity contribution in [1.29, 1.82) is 0 Å². The molecule has 0 amide bonds. The molecule has 7 heavy (non-hydrogen) atoms. The summed E-state index contributed by atoms with van der Waals surface area (Å²) in [6.45, 7) is 1.88. The zero-order valence-corrected chi connectivity index (χ0v) is 6.12. The first-order valence-electron chi connectivity index (χ1n) is 1.64. The van der Waals surface area contributed by atoms with Gasteiger partial charge in [-0.2, -0.15) is 0 Å². The number of hydrogen-bond donors (Lipinski definition) is 1. The summed E-state index contributed by atoms with van der Waals surface area (Å²) in [6, 6.07) is 0. The van der Waals surface area contributed by atoms with Crippen LogP contribution in [0.25, 0.3) is 0 Å². The van der Waals surface area contributed by atoms with Gasteiger partial charge in [0.1, 0.15) is 0 Å². The van der Waals surface area contributed by atoms with Crippen LogP contribution in [-0.2, 0) is 0 Å². The van der Waals surface area contributed by atoms with E-state index in [1.807, 2.05) is 0 Å². The van der Waals surface area contributed by atoms with E-state index in [1.165, 1.54) is 0 Å². The second kappa shape index (κ2) is 6.53. The average molecular weight is 129 g/mol. The van der Waals surface area contributed by atoms with Crippen molar-refractivity contribution in [3.8, 4) is 0 Å². The Morgan fingerprint density at radius 3 is 2.43 bits per heavy atom. The number of rotatable bonds is 0. The normalized spacial score (nSPS) is 13.7. The molecule has 0 atom stereocenters. The molecule has 1 N–H and O–H groups in total. The van der Waals surface area contributed by atoms with Crippen molar-refractivity contribution < 1.29 is 12.4 Å². The maximum Gasteiger partial charge on any atom is 2.00 e. The Labute approximate surface area is 65.3 Å². The summed E-state index contributed by atoms with van der Waals surface area (Å²) in [7, 11) is 0. The van der Waals surface area contributed by atoms with Gasteiger partial charge in [-0.25, -0.2) is 0 Å². The van der Waals surface area contributed by atoms with Crippen LogP contribution in [0.15, 0.2) is 4.99 Å². The summed E-state index contributed by atoms with van der Waals surface area (Å²) < 4.78 is 0. The van der Waals surface area contributed by atoms with Crippen LogP contribution >= 0.6 is 0 Å². The topological polar surface area (TPSA) is 24.4 Å². The van der Waals surface area contributed by atoms with Crippen molar-refractivity contribution >= 4 is 29.4 Å². The number of nitrogens with zero attached hydrogens (tertiary/aromatic N) is 1. The van der Waals surface area contributed by atoms with E-state index >= 15 is 0 Å². The number of hydrogen-bond acceptors (Lipinski definition) is 2. The van der Waals surface area contributed by atoms with Gasteiger partial charge in [0.25, 0.3) is 0 Å². The molecule has 0 aliphatic carbocycles. The van der Waals surface area contributed by atoms with Gasteiger partial charge in [0.05, 0.1) is 0 Å². The summed E-state index contributed by atoms with van der Waals surface area (Å²) >= 11 is 0. The second-order valence-corrected chi connectivity index (χ2v) is 0.920. The smallest absolute Gasteiger partial charge is 1.00 e. The predicted octanol–water partition coefficient (Wildman–Crippen LogP) is -3.88. The molecule has 0 saturated carbocycles. The van der Waals surface area contributed by atoms with Gasteiger partial charge in [-0.05, 0) is 0 Å². The van der Waals surface area contributed by atoms with E-state index in [2.05, 4.69) is 16.6 Å². The minimum atomic E-state index is 0. The van der Waals surface area contributed by atoms with E-state index in [9.17, 15) is 0 Å². The summed E-state index contributed by atoms with van der Waals surface area (Å²) in [5.41, 5.74) is 0. The van der Waals surface area contributed by atoms with E-state index in [0.29, 0.717) is 0 Å². The Morgan fingerprint density at radius 1 is 1.57 bits per heavy atom. The molecule has 0 unspecified atom stereocenters. The van der Waals surface area contributed by atoms with Gasteiger partial charge >= 0.3 is 23.1 Å². The molecule has 2 nitrogen and oxygen atoms in total. The van der Waals surface area contributed by atoms with Crippen molar-refractivity contribution in [3.05, 3.63) is 0 Å². The molecule has 1 heterocycles. The van der Waals surface area contributed by atoms with Crippen LogP contribution in [0.4, 0.5) is 0 Å². The van der Waals surface area contributed by atoms with E-state index < -0.39 is 0 Å². The van der Waals surface area contributed by atoms with Gasteiger partial charge in [0.15, 0.2) is 0 Å². The molecule has 1 aliphatic heterocycles. The monoisotopic (exact) mass is 128 g/mol. The maximum atomic E-state index is 3.72. The Kier molecular flexibility index (Phi) is 9.79. The molecular formula is C3H5ClMgN2. The average Bonchev–Trinajstić information content (AvgIpc) is 1.76. The minimum absolute atomic E-state index is 0. The first-order valence-corrected chi connectivity index (χ1v) is 1.64. The summed E-state index contributed by atoms with van der Waals surface area (Å²) in [5, 5.41) is 2.81. The van der Waals surface area contributed by atoms with Crippen molar-refractivity contribution in [2.45, 2.75) is 0 Å². The zero-order valence-electron chi connectivity index (χ0n) is 3.95. The third-order valence-electron chi connectivity index (χ3n) is 0.507. The van der Waals surface area contributed by atoms with Crippen LogP contribution in [0.5, 0.6) is 0 Å². The molecule has 0 aromatic carbocycles. The Morgan fingerprint density at radius 2 is 2.29 bits per heavy atom. The predicted molar refractivity (Wildman–Crippen MR) is 26.1 cm³/mol. The quantitative estimate of drug-likeness (QED) is 0.262. The van der Waals surface area contributed by atoms with Gasteiger partial charge in [0.2, 0.25) is 0 Å². The largest absolute Gasteiger partial charge is 2.00 e. The Bertz CT molecular complexity index is 50.9. The van der Waals surface area contributed by atoms with Crippen LogP contribution in [0.2, 0.25) is 0 Å². The fraction of sp³-hybridized carbons (Fsp3) is 0.667.